The molecule has 1 heterocycles. The van der Waals surface area contributed by atoms with Gasteiger partial charge in [0.25, 0.3) is 5.91 Å². The van der Waals surface area contributed by atoms with E-state index in [1.54, 1.807) is 12.1 Å². The highest BCUT2D eigenvalue weighted by atomic mass is 32.1. The van der Waals surface area contributed by atoms with Crippen molar-refractivity contribution in [1.82, 2.24) is 9.97 Å². The molecule has 0 spiro atoms. The van der Waals surface area contributed by atoms with Crippen LogP contribution >= 0.6 is 12.2 Å². The van der Waals surface area contributed by atoms with Crippen molar-refractivity contribution in [2.45, 2.75) is 6.42 Å². The van der Waals surface area contributed by atoms with Crippen LogP contribution < -0.4 is 11.1 Å². The third-order valence-corrected chi connectivity index (χ3v) is 2.53. The lowest BCUT2D eigenvalue weighted by Gasteiger charge is -2.05. The summed E-state index contributed by atoms with van der Waals surface area (Å²) in [4.78, 5) is 20.0. The Kier molecular flexibility index (Phi) is 4.15. The summed E-state index contributed by atoms with van der Waals surface area (Å²) < 4.78 is 0. The molecule has 0 saturated carbocycles. The SMILES string of the molecule is NC(=S)Cc1ccc(NC(=O)c2cnccn2)cc1. The van der Waals surface area contributed by atoms with Crippen molar-refractivity contribution in [3.63, 3.8) is 0 Å². The summed E-state index contributed by atoms with van der Waals surface area (Å²) in [5.41, 5.74) is 7.43. The predicted octanol–water partition coefficient (Wildman–Crippen LogP) is 1.56. The first-order valence-electron chi connectivity index (χ1n) is 5.60. The van der Waals surface area contributed by atoms with Gasteiger partial charge in [-0.05, 0) is 17.7 Å². The minimum Gasteiger partial charge on any atom is -0.393 e. The molecule has 19 heavy (non-hydrogen) atoms. The van der Waals surface area contributed by atoms with E-state index in [0.29, 0.717) is 17.1 Å². The topological polar surface area (TPSA) is 80.9 Å². The molecule has 0 fully saturated rings. The fourth-order valence-electron chi connectivity index (χ4n) is 1.52. The standard InChI is InChI=1S/C13H12N4OS/c14-12(19)7-9-1-3-10(4-2-9)17-13(18)11-8-15-5-6-16-11/h1-6,8H,7H2,(H2,14,19)(H,17,18). The highest BCUT2D eigenvalue weighted by Crippen LogP contribution is 2.11. The summed E-state index contributed by atoms with van der Waals surface area (Å²) >= 11 is 4.84. The Morgan fingerprint density at radius 2 is 2.00 bits per heavy atom. The number of nitrogens with two attached hydrogens (primary N) is 1. The average Bonchev–Trinajstić information content (AvgIpc) is 2.41. The van der Waals surface area contributed by atoms with Crippen LogP contribution in [0, 0.1) is 0 Å². The first-order valence-corrected chi connectivity index (χ1v) is 6.00. The second-order valence-corrected chi connectivity index (χ2v) is 4.41. The molecule has 0 unspecified atom stereocenters. The minimum atomic E-state index is -0.296. The normalized spacial score (nSPS) is 9.89. The van der Waals surface area contributed by atoms with Crippen molar-refractivity contribution in [3.8, 4) is 0 Å². The number of hydrogen-bond acceptors (Lipinski definition) is 4. The second-order valence-electron chi connectivity index (χ2n) is 3.88. The highest BCUT2D eigenvalue weighted by molar-refractivity contribution is 7.80. The van der Waals surface area contributed by atoms with E-state index < -0.39 is 0 Å². The smallest absolute Gasteiger partial charge is 0.275 e. The maximum atomic E-state index is 11.8. The number of rotatable bonds is 4. The molecular formula is C13H12N4OS. The second kappa shape index (κ2) is 6.01. The molecular weight excluding hydrogens is 260 g/mol. The van der Waals surface area contributed by atoms with Crippen LogP contribution in [-0.4, -0.2) is 20.9 Å². The van der Waals surface area contributed by atoms with Gasteiger partial charge >= 0.3 is 0 Å². The Balaban J connectivity index is 2.04. The van der Waals surface area contributed by atoms with E-state index in [1.165, 1.54) is 18.6 Å². The van der Waals surface area contributed by atoms with Gasteiger partial charge in [-0.2, -0.15) is 0 Å². The van der Waals surface area contributed by atoms with Crippen molar-refractivity contribution in [1.29, 1.82) is 0 Å². The molecule has 0 aliphatic carbocycles. The van der Waals surface area contributed by atoms with Crippen LogP contribution in [0.15, 0.2) is 42.9 Å². The Morgan fingerprint density at radius 3 is 2.58 bits per heavy atom. The monoisotopic (exact) mass is 272 g/mol. The molecule has 0 aliphatic heterocycles. The molecule has 3 N–H and O–H groups in total. The van der Waals surface area contributed by atoms with Gasteiger partial charge in [0.1, 0.15) is 5.69 Å². The van der Waals surface area contributed by atoms with Crippen molar-refractivity contribution >= 4 is 28.8 Å². The number of hydrogen-bond donors (Lipinski definition) is 2. The number of carbonyl (C=O) groups is 1. The van der Waals surface area contributed by atoms with Gasteiger partial charge in [-0.15, -0.1) is 0 Å². The molecule has 0 saturated heterocycles. The van der Waals surface area contributed by atoms with E-state index >= 15 is 0 Å². The Hall–Kier alpha value is -2.34. The molecule has 96 valence electrons. The molecule has 0 atom stereocenters. The van der Waals surface area contributed by atoms with E-state index in [9.17, 15) is 4.79 Å². The van der Waals surface area contributed by atoms with E-state index in [4.69, 9.17) is 18.0 Å². The summed E-state index contributed by atoms with van der Waals surface area (Å²) in [5, 5.41) is 2.73. The Morgan fingerprint density at radius 1 is 1.26 bits per heavy atom. The van der Waals surface area contributed by atoms with Crippen LogP contribution in [0.1, 0.15) is 16.1 Å². The van der Waals surface area contributed by atoms with Crippen LogP contribution in [0.3, 0.4) is 0 Å². The third-order valence-electron chi connectivity index (χ3n) is 2.39. The molecule has 0 aliphatic rings. The first-order chi connectivity index (χ1) is 9.15. The average molecular weight is 272 g/mol. The zero-order valence-electron chi connectivity index (χ0n) is 10.0. The molecule has 0 bridgehead atoms. The Bertz CT molecular complexity index is 583. The first kappa shape index (κ1) is 13.1. The minimum absolute atomic E-state index is 0.273. The van der Waals surface area contributed by atoms with Gasteiger partial charge < -0.3 is 11.1 Å². The maximum Gasteiger partial charge on any atom is 0.275 e. The number of benzene rings is 1. The number of nitrogens with one attached hydrogen (secondary N) is 1. The molecule has 1 amide bonds. The van der Waals surface area contributed by atoms with E-state index in [-0.39, 0.29) is 11.6 Å². The number of anilines is 1. The van der Waals surface area contributed by atoms with Crippen molar-refractivity contribution in [2.24, 2.45) is 5.73 Å². The lowest BCUT2D eigenvalue weighted by Crippen LogP contribution is -2.14. The van der Waals surface area contributed by atoms with Gasteiger partial charge in [0, 0.05) is 24.5 Å². The molecule has 0 radical (unpaired) electrons. The van der Waals surface area contributed by atoms with E-state index in [1.807, 2.05) is 12.1 Å². The quantitative estimate of drug-likeness (QED) is 0.825. The molecule has 1 aromatic carbocycles. The van der Waals surface area contributed by atoms with Crippen LogP contribution in [0.25, 0.3) is 0 Å². The van der Waals surface area contributed by atoms with Crippen LogP contribution in [0.4, 0.5) is 5.69 Å². The highest BCUT2D eigenvalue weighted by Gasteiger charge is 2.07. The number of nitrogens with zero attached hydrogens (tertiary/aromatic N) is 2. The summed E-state index contributed by atoms with van der Waals surface area (Å²) in [7, 11) is 0. The number of aromatic nitrogens is 2. The van der Waals surface area contributed by atoms with Crippen LogP contribution in [0.5, 0.6) is 0 Å². The zero-order chi connectivity index (χ0) is 13.7. The van der Waals surface area contributed by atoms with Crippen molar-refractivity contribution < 1.29 is 4.79 Å². The Labute approximate surface area is 115 Å². The number of amides is 1. The molecule has 2 rings (SSSR count). The largest absolute Gasteiger partial charge is 0.393 e. The lowest BCUT2D eigenvalue weighted by atomic mass is 10.1. The lowest BCUT2D eigenvalue weighted by molar-refractivity contribution is 0.102. The van der Waals surface area contributed by atoms with Gasteiger partial charge in [-0.3, -0.25) is 9.78 Å². The molecule has 5 nitrogen and oxygen atoms in total. The number of thiocarbonyl (C=S) groups is 1. The van der Waals surface area contributed by atoms with E-state index in [0.717, 1.165) is 5.56 Å². The zero-order valence-corrected chi connectivity index (χ0v) is 10.9. The van der Waals surface area contributed by atoms with Gasteiger partial charge in [0.05, 0.1) is 11.2 Å². The van der Waals surface area contributed by atoms with Gasteiger partial charge in [-0.1, -0.05) is 24.4 Å². The predicted molar refractivity (Wildman–Crippen MR) is 76.9 cm³/mol. The van der Waals surface area contributed by atoms with Gasteiger partial charge in [0.15, 0.2) is 0 Å². The fraction of sp³-hybridized carbons (Fsp3) is 0.0769. The molecule has 1 aromatic heterocycles. The molecule has 2 aromatic rings. The fourth-order valence-corrected chi connectivity index (χ4v) is 1.69. The number of carbonyl (C=O) groups excluding carboxylic acids is 1. The van der Waals surface area contributed by atoms with Crippen molar-refractivity contribution in [3.05, 3.63) is 54.1 Å². The maximum absolute atomic E-state index is 11.8. The summed E-state index contributed by atoms with van der Waals surface area (Å²) in [5.74, 6) is -0.296. The van der Waals surface area contributed by atoms with Gasteiger partial charge in [0.2, 0.25) is 0 Å². The molecule has 6 heteroatoms. The van der Waals surface area contributed by atoms with E-state index in [2.05, 4.69) is 15.3 Å². The third kappa shape index (κ3) is 3.82. The summed E-state index contributed by atoms with van der Waals surface area (Å²) in [6.07, 6.45) is 4.95. The summed E-state index contributed by atoms with van der Waals surface area (Å²) in [6.45, 7) is 0. The van der Waals surface area contributed by atoms with Crippen LogP contribution in [-0.2, 0) is 6.42 Å². The van der Waals surface area contributed by atoms with Crippen LogP contribution in [0.2, 0.25) is 0 Å². The summed E-state index contributed by atoms with van der Waals surface area (Å²) in [6, 6.07) is 7.32. The van der Waals surface area contributed by atoms with Crippen molar-refractivity contribution in [2.75, 3.05) is 5.32 Å². The van der Waals surface area contributed by atoms with Gasteiger partial charge in [-0.25, -0.2) is 4.98 Å².